The highest BCUT2D eigenvalue weighted by atomic mass is 16.4. The van der Waals surface area contributed by atoms with Crippen LogP contribution in [-0.4, -0.2) is 34.0 Å². The molecule has 4 nitrogen and oxygen atoms in total. The Balaban J connectivity index is 2.30. The van der Waals surface area contributed by atoms with E-state index in [4.69, 9.17) is 0 Å². The first-order chi connectivity index (χ1) is 8.55. The van der Waals surface area contributed by atoms with Crippen LogP contribution in [0.25, 0.3) is 0 Å². The largest absolute Gasteiger partial charge is 0.480 e. The third kappa shape index (κ3) is 2.10. The SMILES string of the molecule is C[C@@]1(C(=O)O)CCCCN1C(=O)c1ccccc1. The Morgan fingerprint density at radius 1 is 1.22 bits per heavy atom. The van der Waals surface area contributed by atoms with E-state index in [9.17, 15) is 14.7 Å². The summed E-state index contributed by atoms with van der Waals surface area (Å²) in [6, 6.07) is 8.85. The predicted molar refractivity (Wildman–Crippen MR) is 67.4 cm³/mol. The van der Waals surface area contributed by atoms with Gasteiger partial charge in [-0.3, -0.25) is 4.79 Å². The summed E-state index contributed by atoms with van der Waals surface area (Å²) >= 11 is 0. The minimum atomic E-state index is -1.08. The molecule has 1 saturated heterocycles. The van der Waals surface area contributed by atoms with Crippen LogP contribution in [0.1, 0.15) is 36.5 Å². The molecule has 0 spiro atoms. The van der Waals surface area contributed by atoms with Crippen molar-refractivity contribution >= 4 is 11.9 Å². The number of amides is 1. The Morgan fingerprint density at radius 2 is 1.89 bits per heavy atom. The molecule has 96 valence electrons. The molecule has 0 saturated carbocycles. The van der Waals surface area contributed by atoms with E-state index in [1.807, 2.05) is 6.07 Å². The van der Waals surface area contributed by atoms with Gasteiger partial charge < -0.3 is 10.0 Å². The van der Waals surface area contributed by atoms with Crippen molar-refractivity contribution in [2.45, 2.75) is 31.7 Å². The Morgan fingerprint density at radius 3 is 2.50 bits per heavy atom. The van der Waals surface area contributed by atoms with Crippen LogP contribution in [0.2, 0.25) is 0 Å². The zero-order valence-corrected chi connectivity index (χ0v) is 10.4. The molecule has 0 aliphatic carbocycles. The molecule has 0 aromatic heterocycles. The minimum Gasteiger partial charge on any atom is -0.480 e. The second-order valence-electron chi connectivity index (χ2n) is 4.86. The zero-order chi connectivity index (χ0) is 13.2. The number of nitrogens with zero attached hydrogens (tertiary/aromatic N) is 1. The van der Waals surface area contributed by atoms with E-state index in [2.05, 4.69) is 0 Å². The molecule has 2 rings (SSSR count). The van der Waals surface area contributed by atoms with E-state index in [-0.39, 0.29) is 5.91 Å². The molecule has 1 aromatic carbocycles. The van der Waals surface area contributed by atoms with Crippen LogP contribution in [-0.2, 0) is 4.79 Å². The highest BCUT2D eigenvalue weighted by Gasteiger charge is 2.43. The number of hydrogen-bond acceptors (Lipinski definition) is 2. The lowest BCUT2D eigenvalue weighted by Gasteiger charge is -2.41. The maximum Gasteiger partial charge on any atom is 0.329 e. The number of carbonyl (C=O) groups excluding carboxylic acids is 1. The first-order valence-corrected chi connectivity index (χ1v) is 6.16. The van der Waals surface area contributed by atoms with Gasteiger partial charge in [0.2, 0.25) is 0 Å². The van der Waals surface area contributed by atoms with Gasteiger partial charge in [0.1, 0.15) is 5.54 Å². The monoisotopic (exact) mass is 247 g/mol. The Labute approximate surface area is 106 Å². The van der Waals surface area contributed by atoms with Gasteiger partial charge in [0, 0.05) is 12.1 Å². The maximum absolute atomic E-state index is 12.4. The molecule has 1 atom stereocenters. The van der Waals surface area contributed by atoms with Gasteiger partial charge in [-0.05, 0) is 38.3 Å². The van der Waals surface area contributed by atoms with Crippen molar-refractivity contribution in [2.24, 2.45) is 0 Å². The number of carboxylic acids is 1. The highest BCUT2D eigenvalue weighted by molar-refractivity contribution is 5.97. The minimum absolute atomic E-state index is 0.194. The second kappa shape index (κ2) is 4.80. The second-order valence-corrected chi connectivity index (χ2v) is 4.86. The van der Waals surface area contributed by atoms with Crippen LogP contribution >= 0.6 is 0 Å². The van der Waals surface area contributed by atoms with Crippen LogP contribution < -0.4 is 0 Å². The van der Waals surface area contributed by atoms with Crippen molar-refractivity contribution in [3.8, 4) is 0 Å². The smallest absolute Gasteiger partial charge is 0.329 e. The van der Waals surface area contributed by atoms with E-state index in [0.717, 1.165) is 12.8 Å². The third-order valence-corrected chi connectivity index (χ3v) is 3.62. The molecule has 1 aromatic rings. The molecular weight excluding hydrogens is 230 g/mol. The molecule has 0 radical (unpaired) electrons. The van der Waals surface area contributed by atoms with E-state index in [0.29, 0.717) is 18.5 Å². The summed E-state index contributed by atoms with van der Waals surface area (Å²) in [5, 5.41) is 9.37. The fourth-order valence-electron chi connectivity index (χ4n) is 2.41. The highest BCUT2D eigenvalue weighted by Crippen LogP contribution is 2.29. The molecule has 4 heteroatoms. The molecule has 1 amide bonds. The van der Waals surface area contributed by atoms with Crippen molar-refractivity contribution in [1.29, 1.82) is 0 Å². The Hall–Kier alpha value is -1.84. The lowest BCUT2D eigenvalue weighted by molar-refractivity contribution is -0.150. The summed E-state index contributed by atoms with van der Waals surface area (Å²) < 4.78 is 0. The van der Waals surface area contributed by atoms with Gasteiger partial charge >= 0.3 is 5.97 Å². The molecule has 1 fully saturated rings. The fraction of sp³-hybridized carbons (Fsp3) is 0.429. The van der Waals surface area contributed by atoms with Crippen molar-refractivity contribution < 1.29 is 14.7 Å². The maximum atomic E-state index is 12.4. The summed E-state index contributed by atoms with van der Waals surface area (Å²) in [6.07, 6.45) is 2.23. The number of carbonyl (C=O) groups is 2. The summed E-state index contributed by atoms with van der Waals surface area (Å²) in [5.41, 5.74) is -0.530. The lowest BCUT2D eigenvalue weighted by Crippen LogP contribution is -2.57. The fourth-order valence-corrected chi connectivity index (χ4v) is 2.41. The number of aliphatic carboxylic acids is 1. The van der Waals surface area contributed by atoms with Gasteiger partial charge in [-0.1, -0.05) is 18.2 Å². The van der Waals surface area contributed by atoms with E-state index in [1.54, 1.807) is 31.2 Å². The summed E-state index contributed by atoms with van der Waals surface area (Å²) in [6.45, 7) is 2.14. The standard InChI is InChI=1S/C14H17NO3/c1-14(13(17)18)9-5-6-10-15(14)12(16)11-7-3-2-4-8-11/h2-4,7-8H,5-6,9-10H2,1H3,(H,17,18)/t14-/m0/s1. The number of hydrogen-bond donors (Lipinski definition) is 1. The molecule has 0 unspecified atom stereocenters. The molecule has 1 heterocycles. The van der Waals surface area contributed by atoms with Crippen molar-refractivity contribution in [2.75, 3.05) is 6.54 Å². The van der Waals surface area contributed by atoms with Gasteiger partial charge in [-0.25, -0.2) is 4.79 Å². The molecule has 0 bridgehead atoms. The van der Waals surface area contributed by atoms with E-state index < -0.39 is 11.5 Å². The van der Waals surface area contributed by atoms with Crippen LogP contribution in [0.5, 0.6) is 0 Å². The normalized spacial score (nSPS) is 23.7. The first-order valence-electron chi connectivity index (χ1n) is 6.16. The van der Waals surface area contributed by atoms with Crippen LogP contribution in [0.3, 0.4) is 0 Å². The van der Waals surface area contributed by atoms with Gasteiger partial charge in [0.15, 0.2) is 0 Å². The average molecular weight is 247 g/mol. The number of benzene rings is 1. The van der Waals surface area contributed by atoms with Gasteiger partial charge in [0.25, 0.3) is 5.91 Å². The predicted octanol–water partition coefficient (Wildman–Crippen LogP) is 2.16. The summed E-state index contributed by atoms with van der Waals surface area (Å²) in [7, 11) is 0. The summed E-state index contributed by atoms with van der Waals surface area (Å²) in [4.78, 5) is 25.3. The van der Waals surface area contributed by atoms with Crippen LogP contribution in [0.15, 0.2) is 30.3 Å². The van der Waals surface area contributed by atoms with Crippen LogP contribution in [0, 0.1) is 0 Å². The number of carboxylic acid groups (broad SMARTS) is 1. The number of rotatable bonds is 2. The van der Waals surface area contributed by atoms with E-state index in [1.165, 1.54) is 4.90 Å². The summed E-state index contributed by atoms with van der Waals surface area (Å²) in [5.74, 6) is -1.12. The lowest BCUT2D eigenvalue weighted by atomic mass is 9.88. The molecule has 1 aliphatic rings. The van der Waals surface area contributed by atoms with Gasteiger partial charge in [0.05, 0.1) is 0 Å². The molecule has 1 N–H and O–H groups in total. The number of likely N-dealkylation sites (tertiary alicyclic amines) is 1. The molecular formula is C14H17NO3. The van der Waals surface area contributed by atoms with E-state index >= 15 is 0 Å². The zero-order valence-electron chi connectivity index (χ0n) is 10.4. The topological polar surface area (TPSA) is 57.6 Å². The van der Waals surface area contributed by atoms with Crippen molar-refractivity contribution in [3.63, 3.8) is 0 Å². The van der Waals surface area contributed by atoms with Gasteiger partial charge in [-0.2, -0.15) is 0 Å². The van der Waals surface area contributed by atoms with Crippen LogP contribution in [0.4, 0.5) is 0 Å². The molecule has 1 aliphatic heterocycles. The molecule has 18 heavy (non-hydrogen) atoms. The van der Waals surface area contributed by atoms with Crippen molar-refractivity contribution in [3.05, 3.63) is 35.9 Å². The van der Waals surface area contributed by atoms with Gasteiger partial charge in [-0.15, -0.1) is 0 Å². The Kier molecular flexibility index (Phi) is 3.36. The third-order valence-electron chi connectivity index (χ3n) is 3.62. The number of piperidine rings is 1. The Bertz CT molecular complexity index is 457. The average Bonchev–Trinajstić information content (AvgIpc) is 2.39. The quantitative estimate of drug-likeness (QED) is 0.871. The first kappa shape index (κ1) is 12.6. The van der Waals surface area contributed by atoms with Crippen molar-refractivity contribution in [1.82, 2.24) is 4.90 Å².